The molecule has 5 heteroatoms. The molecule has 0 aliphatic heterocycles. The average Bonchev–Trinajstić information content (AvgIpc) is 1.88. The maximum atomic E-state index is 10.8. The lowest BCUT2D eigenvalue weighted by Gasteiger charge is -1.91. The summed E-state index contributed by atoms with van der Waals surface area (Å²) in [6, 6.07) is 1.24. The van der Waals surface area contributed by atoms with Crippen LogP contribution in [0.3, 0.4) is 0 Å². The van der Waals surface area contributed by atoms with E-state index < -0.39 is 0 Å². The van der Waals surface area contributed by atoms with Gasteiger partial charge in [-0.05, 0) is 0 Å². The lowest BCUT2D eigenvalue weighted by molar-refractivity contribution is 0.953. The SMILES string of the molecule is O=c1cc(Cl)[nH]nc1CCl. The number of nitrogens with one attached hydrogen (secondary N) is 1. The largest absolute Gasteiger partial charge is 0.288 e. The third-order valence-electron chi connectivity index (χ3n) is 0.966. The zero-order valence-corrected chi connectivity index (χ0v) is 6.41. The van der Waals surface area contributed by atoms with E-state index >= 15 is 0 Å². The van der Waals surface area contributed by atoms with E-state index in [1.54, 1.807) is 0 Å². The fraction of sp³-hybridized carbons (Fsp3) is 0.200. The van der Waals surface area contributed by atoms with Crippen LogP contribution in [0.5, 0.6) is 0 Å². The molecule has 3 nitrogen and oxygen atoms in total. The van der Waals surface area contributed by atoms with Gasteiger partial charge in [-0.15, -0.1) is 11.6 Å². The van der Waals surface area contributed by atoms with Crippen molar-refractivity contribution in [3.8, 4) is 0 Å². The molecule has 0 unspecified atom stereocenters. The van der Waals surface area contributed by atoms with Crippen molar-refractivity contribution in [1.29, 1.82) is 0 Å². The smallest absolute Gasteiger partial charge is 0.206 e. The van der Waals surface area contributed by atoms with Crippen LogP contribution in [-0.2, 0) is 5.88 Å². The minimum absolute atomic E-state index is 0.104. The number of rotatable bonds is 1. The van der Waals surface area contributed by atoms with Crippen LogP contribution in [0.15, 0.2) is 10.9 Å². The Morgan fingerprint density at radius 2 is 2.40 bits per heavy atom. The third-order valence-corrected chi connectivity index (χ3v) is 1.41. The normalized spacial score (nSPS) is 9.80. The molecular formula is C5H4Cl2N2O. The van der Waals surface area contributed by atoms with Gasteiger partial charge in [0.25, 0.3) is 0 Å². The molecule has 0 aliphatic rings. The highest BCUT2D eigenvalue weighted by Gasteiger charge is 1.98. The van der Waals surface area contributed by atoms with E-state index in [1.165, 1.54) is 6.07 Å². The van der Waals surface area contributed by atoms with Crippen LogP contribution in [-0.4, -0.2) is 10.2 Å². The topological polar surface area (TPSA) is 45.8 Å². The van der Waals surface area contributed by atoms with Crippen molar-refractivity contribution in [2.75, 3.05) is 0 Å². The Balaban J connectivity index is 3.20. The Bertz CT molecular complexity index is 283. The van der Waals surface area contributed by atoms with Gasteiger partial charge in [0.05, 0.1) is 5.88 Å². The first kappa shape index (κ1) is 7.57. The van der Waals surface area contributed by atoms with Crippen molar-refractivity contribution in [2.24, 2.45) is 0 Å². The Morgan fingerprint density at radius 3 is 2.90 bits per heavy atom. The zero-order chi connectivity index (χ0) is 7.56. The summed E-state index contributed by atoms with van der Waals surface area (Å²) in [4.78, 5) is 10.8. The summed E-state index contributed by atoms with van der Waals surface area (Å²) in [5.74, 6) is 0.104. The van der Waals surface area contributed by atoms with Gasteiger partial charge in [-0.2, -0.15) is 5.10 Å². The Hall–Kier alpha value is -0.540. The number of aromatic amines is 1. The fourth-order valence-electron chi connectivity index (χ4n) is 0.502. The van der Waals surface area contributed by atoms with Crippen molar-refractivity contribution in [3.05, 3.63) is 27.1 Å². The van der Waals surface area contributed by atoms with Gasteiger partial charge in [-0.1, -0.05) is 11.6 Å². The van der Waals surface area contributed by atoms with Crippen molar-refractivity contribution >= 4 is 23.2 Å². The molecule has 0 aromatic carbocycles. The molecule has 0 amide bonds. The molecule has 0 fully saturated rings. The van der Waals surface area contributed by atoms with E-state index in [-0.39, 0.29) is 22.2 Å². The van der Waals surface area contributed by atoms with Gasteiger partial charge in [0.2, 0.25) is 5.43 Å². The van der Waals surface area contributed by atoms with Gasteiger partial charge >= 0.3 is 0 Å². The number of alkyl halides is 1. The highest BCUT2D eigenvalue weighted by molar-refractivity contribution is 6.29. The Labute approximate surface area is 67.0 Å². The van der Waals surface area contributed by atoms with E-state index in [4.69, 9.17) is 23.2 Å². The van der Waals surface area contributed by atoms with E-state index in [0.29, 0.717) is 0 Å². The maximum Gasteiger partial charge on any atom is 0.206 e. The summed E-state index contributed by atoms with van der Waals surface area (Å²) in [5.41, 5.74) is 0.0461. The van der Waals surface area contributed by atoms with Crippen LogP contribution >= 0.6 is 23.2 Å². The average molecular weight is 179 g/mol. The second-order valence-electron chi connectivity index (χ2n) is 1.66. The van der Waals surface area contributed by atoms with Crippen LogP contribution in [0.1, 0.15) is 5.69 Å². The molecule has 1 rings (SSSR count). The van der Waals surface area contributed by atoms with Crippen LogP contribution in [0.25, 0.3) is 0 Å². The van der Waals surface area contributed by atoms with Crippen molar-refractivity contribution < 1.29 is 0 Å². The predicted octanol–water partition coefficient (Wildman–Crippen LogP) is 1.16. The van der Waals surface area contributed by atoms with Crippen LogP contribution < -0.4 is 5.43 Å². The predicted molar refractivity (Wildman–Crippen MR) is 39.4 cm³/mol. The zero-order valence-electron chi connectivity index (χ0n) is 4.90. The molecule has 0 bridgehead atoms. The van der Waals surface area contributed by atoms with Crippen molar-refractivity contribution in [2.45, 2.75) is 5.88 Å². The standard InChI is InChI=1S/C5H4Cl2N2O/c6-2-3-4(10)1-5(7)9-8-3/h1H,2H2,(H,9,10). The summed E-state index contributed by atoms with van der Waals surface area (Å²) in [5, 5.41) is 6.24. The molecule has 0 spiro atoms. The molecule has 0 aliphatic carbocycles. The molecule has 1 aromatic heterocycles. The highest BCUT2D eigenvalue weighted by Crippen LogP contribution is 1.97. The van der Waals surface area contributed by atoms with Gasteiger partial charge < -0.3 is 0 Å². The quantitative estimate of drug-likeness (QED) is 0.657. The van der Waals surface area contributed by atoms with E-state index in [1.807, 2.05) is 0 Å². The number of hydrogen-bond donors (Lipinski definition) is 1. The monoisotopic (exact) mass is 178 g/mol. The van der Waals surface area contributed by atoms with E-state index in [2.05, 4.69) is 10.2 Å². The van der Waals surface area contributed by atoms with Crippen molar-refractivity contribution in [3.63, 3.8) is 0 Å². The molecule has 1 heterocycles. The van der Waals surface area contributed by atoms with E-state index in [9.17, 15) is 4.79 Å². The summed E-state index contributed by atoms with van der Waals surface area (Å²) >= 11 is 10.8. The maximum absolute atomic E-state index is 10.8. The van der Waals surface area contributed by atoms with Crippen LogP contribution in [0.2, 0.25) is 5.15 Å². The minimum Gasteiger partial charge on any atom is -0.288 e. The first-order chi connectivity index (χ1) is 4.74. The number of hydrogen-bond acceptors (Lipinski definition) is 2. The summed E-state index contributed by atoms with van der Waals surface area (Å²) in [7, 11) is 0. The Kier molecular flexibility index (Phi) is 2.29. The van der Waals surface area contributed by atoms with Gasteiger partial charge in [0, 0.05) is 6.07 Å². The number of halogens is 2. The lowest BCUT2D eigenvalue weighted by Crippen LogP contribution is -2.09. The van der Waals surface area contributed by atoms with Gasteiger partial charge in [-0.3, -0.25) is 9.89 Å². The Morgan fingerprint density at radius 1 is 1.70 bits per heavy atom. The molecule has 0 saturated heterocycles. The highest BCUT2D eigenvalue weighted by atomic mass is 35.5. The molecule has 0 saturated carbocycles. The first-order valence-electron chi connectivity index (χ1n) is 2.54. The van der Waals surface area contributed by atoms with Crippen molar-refractivity contribution in [1.82, 2.24) is 10.2 Å². The molecular weight excluding hydrogens is 175 g/mol. The molecule has 0 radical (unpaired) electrons. The first-order valence-corrected chi connectivity index (χ1v) is 3.45. The third kappa shape index (κ3) is 1.49. The molecule has 1 N–H and O–H groups in total. The summed E-state index contributed by atoms with van der Waals surface area (Å²) < 4.78 is 0. The van der Waals surface area contributed by atoms with Gasteiger partial charge in [-0.25, -0.2) is 0 Å². The summed E-state index contributed by atoms with van der Waals surface area (Å²) in [6.45, 7) is 0. The van der Waals surface area contributed by atoms with Gasteiger partial charge in [0.15, 0.2) is 0 Å². The molecule has 1 aromatic rings. The van der Waals surface area contributed by atoms with Crippen LogP contribution in [0, 0.1) is 0 Å². The van der Waals surface area contributed by atoms with Gasteiger partial charge in [0.1, 0.15) is 10.8 Å². The van der Waals surface area contributed by atoms with Crippen LogP contribution in [0.4, 0.5) is 0 Å². The molecule has 10 heavy (non-hydrogen) atoms. The lowest BCUT2D eigenvalue weighted by atomic mass is 10.4. The number of aromatic nitrogens is 2. The minimum atomic E-state index is -0.237. The number of nitrogens with zero attached hydrogens (tertiary/aromatic N) is 1. The number of H-pyrrole nitrogens is 1. The second kappa shape index (κ2) is 3.03. The molecule has 0 atom stereocenters. The fourth-order valence-corrected chi connectivity index (χ4v) is 0.835. The molecule has 54 valence electrons. The summed E-state index contributed by atoms with van der Waals surface area (Å²) in [6.07, 6.45) is 0. The van der Waals surface area contributed by atoms with E-state index in [0.717, 1.165) is 0 Å². The second-order valence-corrected chi connectivity index (χ2v) is 2.33.